The van der Waals surface area contributed by atoms with E-state index in [0.717, 1.165) is 17.9 Å². The number of nitrogens with zero attached hydrogens (tertiary/aromatic N) is 1. The van der Waals surface area contributed by atoms with Crippen molar-refractivity contribution in [3.63, 3.8) is 0 Å². The zero-order valence-electron chi connectivity index (χ0n) is 8.16. The van der Waals surface area contributed by atoms with Crippen molar-refractivity contribution in [1.82, 2.24) is 4.98 Å². The van der Waals surface area contributed by atoms with Crippen LogP contribution in [0, 0.1) is 0 Å². The first-order valence-electron chi connectivity index (χ1n) is 4.55. The Morgan fingerprint density at radius 3 is 2.77 bits per heavy atom. The summed E-state index contributed by atoms with van der Waals surface area (Å²) in [4.78, 5) is 4.23. The van der Waals surface area contributed by atoms with Gasteiger partial charge in [-0.2, -0.15) is 0 Å². The van der Waals surface area contributed by atoms with Gasteiger partial charge in [0.05, 0.1) is 12.8 Å². The van der Waals surface area contributed by atoms with E-state index < -0.39 is 0 Å². The molecule has 0 saturated heterocycles. The van der Waals surface area contributed by atoms with Crippen molar-refractivity contribution < 1.29 is 4.74 Å². The van der Waals surface area contributed by atoms with Crippen LogP contribution in [0.5, 0.6) is 5.75 Å². The fourth-order valence-corrected chi connectivity index (χ4v) is 1.11. The van der Waals surface area contributed by atoms with E-state index in [0.29, 0.717) is 6.61 Å². The molecule has 0 saturated carbocycles. The highest BCUT2D eigenvalue weighted by molar-refractivity contribution is 5.20. The molecule has 1 rings (SSSR count). The minimum atomic E-state index is 0.158. The lowest BCUT2D eigenvalue weighted by molar-refractivity contribution is 0.338. The average Bonchev–Trinajstić information content (AvgIpc) is 2.08. The lowest BCUT2D eigenvalue weighted by atomic mass is 10.2. The topological polar surface area (TPSA) is 48.1 Å². The fourth-order valence-electron chi connectivity index (χ4n) is 1.11. The summed E-state index contributed by atoms with van der Waals surface area (Å²) in [5.41, 5.74) is 6.66. The third kappa shape index (κ3) is 3.42. The Labute approximate surface area is 78.9 Å². The zero-order valence-corrected chi connectivity index (χ0v) is 8.16. The van der Waals surface area contributed by atoms with E-state index in [-0.39, 0.29) is 6.04 Å². The third-order valence-corrected chi connectivity index (χ3v) is 1.64. The molecule has 1 aromatic rings. The molecule has 0 amide bonds. The van der Waals surface area contributed by atoms with Gasteiger partial charge in [-0.25, -0.2) is 0 Å². The Hall–Kier alpha value is -1.09. The monoisotopic (exact) mass is 180 g/mol. The molecule has 2 N–H and O–H groups in total. The first kappa shape index (κ1) is 9.99. The second-order valence-electron chi connectivity index (χ2n) is 3.10. The van der Waals surface area contributed by atoms with Crippen LogP contribution in [-0.2, 0) is 6.42 Å². The van der Waals surface area contributed by atoms with Crippen LogP contribution < -0.4 is 10.5 Å². The molecule has 0 spiro atoms. The molecule has 1 atom stereocenters. The fraction of sp³-hybridized carbons (Fsp3) is 0.500. The van der Waals surface area contributed by atoms with Crippen molar-refractivity contribution >= 4 is 0 Å². The van der Waals surface area contributed by atoms with Crippen LogP contribution in [-0.4, -0.2) is 17.6 Å². The summed E-state index contributed by atoms with van der Waals surface area (Å²) in [6.45, 7) is 4.60. The van der Waals surface area contributed by atoms with Crippen molar-refractivity contribution in [1.29, 1.82) is 0 Å². The number of hydrogen-bond donors (Lipinski definition) is 1. The van der Waals surface area contributed by atoms with Gasteiger partial charge in [0.15, 0.2) is 0 Å². The zero-order chi connectivity index (χ0) is 9.68. The molecule has 0 aliphatic carbocycles. The van der Waals surface area contributed by atoms with Gasteiger partial charge < -0.3 is 10.5 Å². The van der Waals surface area contributed by atoms with Crippen LogP contribution in [0.25, 0.3) is 0 Å². The highest BCUT2D eigenvalue weighted by atomic mass is 16.5. The maximum atomic E-state index is 5.65. The van der Waals surface area contributed by atoms with Gasteiger partial charge in [0.25, 0.3) is 0 Å². The third-order valence-electron chi connectivity index (χ3n) is 1.64. The molecule has 1 heterocycles. The van der Waals surface area contributed by atoms with Gasteiger partial charge in [-0.3, -0.25) is 4.98 Å². The Balaban J connectivity index is 2.59. The minimum absolute atomic E-state index is 0.158. The predicted molar refractivity (Wildman–Crippen MR) is 52.8 cm³/mol. The lowest BCUT2D eigenvalue weighted by Crippen LogP contribution is -2.18. The first-order chi connectivity index (χ1) is 6.22. The molecule has 0 aromatic carbocycles. The largest absolute Gasteiger partial charge is 0.492 e. The van der Waals surface area contributed by atoms with Crippen LogP contribution in [0.4, 0.5) is 0 Å². The summed E-state index contributed by atoms with van der Waals surface area (Å²) in [6, 6.07) is 4.04. The number of ether oxygens (including phenoxy) is 1. The summed E-state index contributed by atoms with van der Waals surface area (Å²) in [5, 5.41) is 0. The van der Waals surface area contributed by atoms with E-state index in [1.165, 1.54) is 0 Å². The molecule has 0 aliphatic rings. The standard InChI is InChI=1S/C10H16N2O/c1-3-13-10-5-4-9(12-7-10)6-8(2)11/h4-5,7-8H,3,6,11H2,1-2H3. The Morgan fingerprint density at radius 2 is 2.31 bits per heavy atom. The summed E-state index contributed by atoms with van der Waals surface area (Å²) >= 11 is 0. The van der Waals surface area contributed by atoms with E-state index in [9.17, 15) is 0 Å². The maximum absolute atomic E-state index is 5.65. The molecule has 1 aromatic heterocycles. The van der Waals surface area contributed by atoms with Crippen molar-refractivity contribution in [2.75, 3.05) is 6.61 Å². The van der Waals surface area contributed by atoms with Gasteiger partial charge in [-0.05, 0) is 26.0 Å². The molecule has 3 nitrogen and oxygen atoms in total. The van der Waals surface area contributed by atoms with Gasteiger partial charge in [0, 0.05) is 18.2 Å². The van der Waals surface area contributed by atoms with Crippen molar-refractivity contribution in [2.45, 2.75) is 26.3 Å². The quantitative estimate of drug-likeness (QED) is 0.761. The van der Waals surface area contributed by atoms with Gasteiger partial charge in [0.2, 0.25) is 0 Å². The van der Waals surface area contributed by atoms with Crippen LogP contribution in [0.2, 0.25) is 0 Å². The number of pyridine rings is 1. The van der Waals surface area contributed by atoms with Crippen LogP contribution in [0.1, 0.15) is 19.5 Å². The minimum Gasteiger partial charge on any atom is -0.492 e. The molecule has 0 fully saturated rings. The smallest absolute Gasteiger partial charge is 0.137 e. The normalized spacial score (nSPS) is 12.5. The van der Waals surface area contributed by atoms with E-state index in [4.69, 9.17) is 10.5 Å². The molecular formula is C10H16N2O. The predicted octanol–water partition coefficient (Wildman–Crippen LogP) is 1.37. The first-order valence-corrected chi connectivity index (χ1v) is 4.55. The second-order valence-corrected chi connectivity index (χ2v) is 3.10. The average molecular weight is 180 g/mol. The summed E-state index contributed by atoms with van der Waals surface area (Å²) in [7, 11) is 0. The molecular weight excluding hydrogens is 164 g/mol. The summed E-state index contributed by atoms with van der Waals surface area (Å²) in [5.74, 6) is 0.816. The van der Waals surface area contributed by atoms with E-state index in [1.807, 2.05) is 26.0 Å². The molecule has 0 bridgehead atoms. The molecule has 3 heteroatoms. The SMILES string of the molecule is CCOc1ccc(CC(C)N)nc1. The lowest BCUT2D eigenvalue weighted by Gasteiger charge is -2.05. The van der Waals surface area contributed by atoms with Crippen LogP contribution in [0.15, 0.2) is 18.3 Å². The second kappa shape index (κ2) is 4.82. The van der Waals surface area contributed by atoms with Crippen LogP contribution >= 0.6 is 0 Å². The molecule has 1 unspecified atom stereocenters. The molecule has 0 aliphatic heterocycles. The highest BCUT2D eigenvalue weighted by Crippen LogP contribution is 2.09. The molecule has 0 radical (unpaired) electrons. The maximum Gasteiger partial charge on any atom is 0.137 e. The molecule has 13 heavy (non-hydrogen) atoms. The number of rotatable bonds is 4. The Bertz CT molecular complexity index is 244. The highest BCUT2D eigenvalue weighted by Gasteiger charge is 1.99. The van der Waals surface area contributed by atoms with Crippen molar-refractivity contribution in [3.05, 3.63) is 24.0 Å². The molecule has 72 valence electrons. The number of hydrogen-bond acceptors (Lipinski definition) is 3. The van der Waals surface area contributed by atoms with Crippen LogP contribution in [0.3, 0.4) is 0 Å². The van der Waals surface area contributed by atoms with Gasteiger partial charge in [-0.15, -0.1) is 0 Å². The summed E-state index contributed by atoms with van der Waals surface area (Å²) < 4.78 is 5.27. The van der Waals surface area contributed by atoms with Gasteiger partial charge in [-0.1, -0.05) is 0 Å². The summed E-state index contributed by atoms with van der Waals surface area (Å²) in [6.07, 6.45) is 2.55. The van der Waals surface area contributed by atoms with Gasteiger partial charge in [0.1, 0.15) is 5.75 Å². The van der Waals surface area contributed by atoms with E-state index in [2.05, 4.69) is 4.98 Å². The van der Waals surface area contributed by atoms with E-state index >= 15 is 0 Å². The van der Waals surface area contributed by atoms with Crippen molar-refractivity contribution in [3.8, 4) is 5.75 Å². The Morgan fingerprint density at radius 1 is 1.54 bits per heavy atom. The van der Waals surface area contributed by atoms with Gasteiger partial charge >= 0.3 is 0 Å². The van der Waals surface area contributed by atoms with E-state index in [1.54, 1.807) is 6.20 Å². The Kier molecular flexibility index (Phi) is 3.71. The number of nitrogens with two attached hydrogens (primary N) is 1. The number of aromatic nitrogens is 1. The van der Waals surface area contributed by atoms with Crippen molar-refractivity contribution in [2.24, 2.45) is 5.73 Å².